The summed E-state index contributed by atoms with van der Waals surface area (Å²) in [7, 11) is 0. The number of hydrogen-bond acceptors (Lipinski definition) is 3. The van der Waals surface area contributed by atoms with Crippen molar-refractivity contribution in [3.05, 3.63) is 44.4 Å². The zero-order valence-corrected chi connectivity index (χ0v) is 13.3. The minimum Gasteiger partial charge on any atom is -0.339 e. The molecule has 0 aliphatic rings. The summed E-state index contributed by atoms with van der Waals surface area (Å²) in [5.41, 5.74) is 2.28. The van der Waals surface area contributed by atoms with Crippen molar-refractivity contribution in [2.24, 2.45) is 0 Å². The van der Waals surface area contributed by atoms with Crippen LogP contribution >= 0.6 is 34.2 Å². The maximum atomic E-state index is 13.4. The standard InChI is InChI=1S/C13H12ClFIN3/c1-7-5-9(14)3-4-10(7)19-13-11(16)12(8(2)15)17-6-18-13/h3-6,8H,1-2H3,(H,17,18,19). The van der Waals surface area contributed by atoms with Gasteiger partial charge in [-0.1, -0.05) is 11.6 Å². The van der Waals surface area contributed by atoms with E-state index in [0.717, 1.165) is 11.3 Å². The maximum absolute atomic E-state index is 13.4. The molecule has 0 bridgehead atoms. The van der Waals surface area contributed by atoms with Crippen molar-refractivity contribution in [3.63, 3.8) is 0 Å². The largest absolute Gasteiger partial charge is 0.339 e. The third-order valence-corrected chi connectivity index (χ3v) is 3.93. The number of nitrogens with one attached hydrogen (secondary N) is 1. The molecule has 1 heterocycles. The van der Waals surface area contributed by atoms with Gasteiger partial charge < -0.3 is 5.32 Å². The van der Waals surface area contributed by atoms with Gasteiger partial charge in [0.15, 0.2) is 0 Å². The number of halogens is 3. The van der Waals surface area contributed by atoms with Gasteiger partial charge in [0, 0.05) is 10.7 Å². The fourth-order valence-corrected chi connectivity index (χ4v) is 2.71. The van der Waals surface area contributed by atoms with Crippen LogP contribution in [0.4, 0.5) is 15.9 Å². The summed E-state index contributed by atoms with van der Waals surface area (Å²) in [4.78, 5) is 8.11. The van der Waals surface area contributed by atoms with Crippen LogP contribution in [0.2, 0.25) is 5.02 Å². The smallest absolute Gasteiger partial charge is 0.147 e. The summed E-state index contributed by atoms with van der Waals surface area (Å²) in [6, 6.07) is 5.52. The molecule has 0 fully saturated rings. The van der Waals surface area contributed by atoms with Gasteiger partial charge in [0.1, 0.15) is 18.3 Å². The van der Waals surface area contributed by atoms with E-state index in [-0.39, 0.29) is 0 Å². The van der Waals surface area contributed by atoms with Gasteiger partial charge in [-0.05, 0) is 60.2 Å². The third-order valence-electron chi connectivity index (χ3n) is 2.63. The molecule has 0 saturated heterocycles. The van der Waals surface area contributed by atoms with Crippen LogP contribution in [0.15, 0.2) is 24.5 Å². The van der Waals surface area contributed by atoms with Crippen molar-refractivity contribution in [1.82, 2.24) is 9.97 Å². The second-order valence-corrected chi connectivity index (χ2v) is 5.64. The van der Waals surface area contributed by atoms with Crippen LogP contribution in [0.1, 0.15) is 24.4 Å². The van der Waals surface area contributed by atoms with E-state index in [4.69, 9.17) is 11.6 Å². The zero-order chi connectivity index (χ0) is 14.0. The number of aromatic nitrogens is 2. The molecule has 1 N–H and O–H groups in total. The predicted octanol–water partition coefficient (Wildman–Crippen LogP) is 4.82. The Labute approximate surface area is 129 Å². The number of anilines is 2. The topological polar surface area (TPSA) is 37.8 Å². The van der Waals surface area contributed by atoms with E-state index in [0.29, 0.717) is 20.1 Å². The van der Waals surface area contributed by atoms with Crippen molar-refractivity contribution in [2.75, 3.05) is 5.32 Å². The van der Waals surface area contributed by atoms with Crippen molar-refractivity contribution in [1.29, 1.82) is 0 Å². The number of nitrogens with zero attached hydrogens (tertiary/aromatic N) is 2. The number of aryl methyl sites for hydroxylation is 1. The normalized spacial score (nSPS) is 12.3. The highest BCUT2D eigenvalue weighted by Crippen LogP contribution is 2.28. The van der Waals surface area contributed by atoms with Gasteiger partial charge in [0.2, 0.25) is 0 Å². The Bertz CT molecular complexity index is 604. The second-order valence-electron chi connectivity index (χ2n) is 4.12. The minimum absolute atomic E-state index is 0.393. The number of hydrogen-bond donors (Lipinski definition) is 1. The molecule has 0 aliphatic heterocycles. The lowest BCUT2D eigenvalue weighted by molar-refractivity contribution is 0.364. The summed E-state index contributed by atoms with van der Waals surface area (Å²) in [5.74, 6) is 0.598. The first-order valence-electron chi connectivity index (χ1n) is 5.66. The van der Waals surface area contributed by atoms with E-state index in [9.17, 15) is 4.39 Å². The monoisotopic (exact) mass is 391 g/mol. The van der Waals surface area contributed by atoms with Crippen molar-refractivity contribution in [2.45, 2.75) is 20.0 Å². The molecular weight excluding hydrogens is 380 g/mol. The molecule has 1 aromatic carbocycles. The first-order chi connectivity index (χ1) is 8.99. The molecule has 1 atom stereocenters. The van der Waals surface area contributed by atoms with Gasteiger partial charge in [-0.25, -0.2) is 14.4 Å². The molecule has 6 heteroatoms. The average molecular weight is 392 g/mol. The summed E-state index contributed by atoms with van der Waals surface area (Å²) in [6.45, 7) is 3.41. The Morgan fingerprint density at radius 3 is 2.74 bits per heavy atom. The van der Waals surface area contributed by atoms with Gasteiger partial charge in [-0.3, -0.25) is 0 Å². The molecule has 0 amide bonds. The van der Waals surface area contributed by atoms with Crippen LogP contribution < -0.4 is 5.32 Å². The number of alkyl halides is 1. The Balaban J connectivity index is 2.36. The highest BCUT2D eigenvalue weighted by atomic mass is 127. The molecule has 0 radical (unpaired) electrons. The van der Waals surface area contributed by atoms with E-state index in [2.05, 4.69) is 15.3 Å². The number of rotatable bonds is 3. The van der Waals surface area contributed by atoms with E-state index < -0.39 is 6.17 Å². The van der Waals surface area contributed by atoms with Crippen LogP contribution in [-0.4, -0.2) is 9.97 Å². The summed E-state index contributed by atoms with van der Waals surface area (Å²) < 4.78 is 14.1. The Hall–Kier alpha value is -0.950. The Morgan fingerprint density at radius 2 is 2.11 bits per heavy atom. The van der Waals surface area contributed by atoms with Gasteiger partial charge in [-0.15, -0.1) is 0 Å². The maximum Gasteiger partial charge on any atom is 0.147 e. The first kappa shape index (κ1) is 14.5. The number of benzene rings is 1. The molecule has 0 spiro atoms. The molecule has 1 aromatic heterocycles. The SMILES string of the molecule is Cc1cc(Cl)ccc1Nc1ncnc(C(C)F)c1I. The van der Waals surface area contributed by atoms with Crippen LogP contribution in [0.5, 0.6) is 0 Å². The summed E-state index contributed by atoms with van der Waals surface area (Å²) >= 11 is 7.96. The van der Waals surface area contributed by atoms with Gasteiger partial charge in [0.05, 0.1) is 9.26 Å². The summed E-state index contributed by atoms with van der Waals surface area (Å²) in [5, 5.41) is 3.86. The molecule has 2 rings (SSSR count). The summed E-state index contributed by atoms with van der Waals surface area (Å²) in [6.07, 6.45) is 0.239. The highest BCUT2D eigenvalue weighted by molar-refractivity contribution is 14.1. The lowest BCUT2D eigenvalue weighted by Crippen LogP contribution is -2.04. The van der Waals surface area contributed by atoms with E-state index in [1.807, 2.05) is 41.6 Å². The molecule has 0 saturated carbocycles. The van der Waals surface area contributed by atoms with E-state index in [1.165, 1.54) is 13.3 Å². The third kappa shape index (κ3) is 3.33. The lowest BCUT2D eigenvalue weighted by atomic mass is 10.2. The van der Waals surface area contributed by atoms with Crippen molar-refractivity contribution in [3.8, 4) is 0 Å². The molecule has 100 valence electrons. The molecule has 2 aromatic rings. The Kier molecular flexibility index (Phi) is 4.57. The average Bonchev–Trinajstić information content (AvgIpc) is 2.34. The van der Waals surface area contributed by atoms with Crippen LogP contribution in [0.25, 0.3) is 0 Å². The molecular formula is C13H12ClFIN3. The van der Waals surface area contributed by atoms with Gasteiger partial charge in [-0.2, -0.15) is 0 Å². The second kappa shape index (κ2) is 6.00. The van der Waals surface area contributed by atoms with E-state index in [1.54, 1.807) is 6.07 Å². The van der Waals surface area contributed by atoms with Crippen LogP contribution in [0.3, 0.4) is 0 Å². The Morgan fingerprint density at radius 1 is 1.37 bits per heavy atom. The van der Waals surface area contributed by atoms with Crippen molar-refractivity contribution < 1.29 is 4.39 Å². The fourth-order valence-electron chi connectivity index (χ4n) is 1.64. The minimum atomic E-state index is -1.12. The fraction of sp³-hybridized carbons (Fsp3) is 0.231. The molecule has 1 unspecified atom stereocenters. The predicted molar refractivity (Wildman–Crippen MR) is 83.7 cm³/mol. The highest BCUT2D eigenvalue weighted by Gasteiger charge is 2.14. The molecule has 0 aliphatic carbocycles. The van der Waals surface area contributed by atoms with Gasteiger partial charge >= 0.3 is 0 Å². The quantitative estimate of drug-likeness (QED) is 0.763. The first-order valence-corrected chi connectivity index (χ1v) is 7.12. The van der Waals surface area contributed by atoms with Crippen molar-refractivity contribution >= 4 is 45.7 Å². The molecule has 19 heavy (non-hydrogen) atoms. The van der Waals surface area contributed by atoms with Gasteiger partial charge in [0.25, 0.3) is 0 Å². The molecule has 3 nitrogen and oxygen atoms in total. The van der Waals surface area contributed by atoms with E-state index >= 15 is 0 Å². The lowest BCUT2D eigenvalue weighted by Gasteiger charge is -2.12. The van der Waals surface area contributed by atoms with Crippen LogP contribution in [0, 0.1) is 10.5 Å². The zero-order valence-electron chi connectivity index (χ0n) is 10.4. The van der Waals surface area contributed by atoms with Crippen LogP contribution in [-0.2, 0) is 0 Å².